The number of benzene rings is 2. The molecule has 1 aromatic heterocycles. The number of rotatable bonds is 8. The lowest BCUT2D eigenvalue weighted by Gasteiger charge is -2.23. The van der Waals surface area contributed by atoms with E-state index in [4.69, 9.17) is 0 Å². The molecule has 3 rings (SSSR count). The van der Waals surface area contributed by atoms with Gasteiger partial charge in [0.1, 0.15) is 10.6 Å². The highest BCUT2D eigenvalue weighted by Crippen LogP contribution is 2.23. The SMILES string of the molecule is CCN(CC)S(=O)(=O)c1cc(C(=O)N(Cc2ccccc2)c2ccccc2)n(C)c1. The summed E-state index contributed by atoms with van der Waals surface area (Å²) in [5, 5.41) is 0. The third-order valence-corrected chi connectivity index (χ3v) is 7.05. The van der Waals surface area contributed by atoms with Gasteiger partial charge in [0.05, 0.1) is 6.54 Å². The molecule has 0 N–H and O–H groups in total. The molecule has 0 aliphatic rings. The molecule has 0 saturated carbocycles. The first-order valence-corrected chi connectivity index (χ1v) is 11.4. The fraction of sp³-hybridized carbons (Fsp3) is 0.261. The largest absolute Gasteiger partial charge is 0.345 e. The highest BCUT2D eigenvalue weighted by atomic mass is 32.2. The lowest BCUT2D eigenvalue weighted by molar-refractivity contribution is 0.0977. The molecule has 30 heavy (non-hydrogen) atoms. The molecule has 0 aliphatic carbocycles. The smallest absolute Gasteiger partial charge is 0.275 e. The number of aryl methyl sites for hydroxylation is 1. The van der Waals surface area contributed by atoms with Crippen LogP contribution in [0.2, 0.25) is 0 Å². The summed E-state index contributed by atoms with van der Waals surface area (Å²) in [5.41, 5.74) is 2.06. The Kier molecular flexibility index (Phi) is 6.74. The summed E-state index contributed by atoms with van der Waals surface area (Å²) >= 11 is 0. The number of sulfonamides is 1. The number of amides is 1. The van der Waals surface area contributed by atoms with Crippen LogP contribution < -0.4 is 4.90 Å². The van der Waals surface area contributed by atoms with Crippen LogP contribution >= 0.6 is 0 Å². The highest BCUT2D eigenvalue weighted by Gasteiger charge is 2.27. The Labute approximate surface area is 178 Å². The van der Waals surface area contributed by atoms with Crippen LogP contribution in [0.25, 0.3) is 0 Å². The molecule has 0 radical (unpaired) electrons. The number of aromatic nitrogens is 1. The number of nitrogens with zero attached hydrogens (tertiary/aromatic N) is 3. The third-order valence-electron chi connectivity index (χ3n) is 5.04. The van der Waals surface area contributed by atoms with Crippen LogP contribution in [-0.2, 0) is 23.6 Å². The zero-order valence-corrected chi connectivity index (χ0v) is 18.3. The van der Waals surface area contributed by atoms with E-state index in [0.717, 1.165) is 11.3 Å². The normalized spacial score (nSPS) is 11.6. The predicted octanol–water partition coefficient (Wildman–Crippen LogP) is 3.90. The first-order chi connectivity index (χ1) is 14.4. The molecule has 2 aromatic carbocycles. The molecule has 0 aliphatic heterocycles. The summed E-state index contributed by atoms with van der Waals surface area (Å²) in [4.78, 5) is 15.3. The lowest BCUT2D eigenvalue weighted by atomic mass is 10.2. The summed E-state index contributed by atoms with van der Waals surface area (Å²) in [7, 11) is -1.95. The molecular weight excluding hydrogens is 398 g/mol. The van der Waals surface area contributed by atoms with E-state index in [1.165, 1.54) is 16.6 Å². The van der Waals surface area contributed by atoms with Gasteiger partial charge in [-0.25, -0.2) is 8.42 Å². The number of carbonyl (C=O) groups is 1. The molecule has 158 valence electrons. The van der Waals surface area contributed by atoms with E-state index in [-0.39, 0.29) is 10.8 Å². The van der Waals surface area contributed by atoms with Gasteiger partial charge in [0, 0.05) is 32.0 Å². The van der Waals surface area contributed by atoms with Gasteiger partial charge < -0.3 is 9.47 Å². The van der Waals surface area contributed by atoms with Crippen molar-refractivity contribution in [3.63, 3.8) is 0 Å². The van der Waals surface area contributed by atoms with E-state index in [1.54, 1.807) is 30.4 Å². The highest BCUT2D eigenvalue weighted by molar-refractivity contribution is 7.89. The van der Waals surface area contributed by atoms with E-state index in [0.29, 0.717) is 25.3 Å². The van der Waals surface area contributed by atoms with Gasteiger partial charge in [-0.3, -0.25) is 4.79 Å². The second-order valence-electron chi connectivity index (χ2n) is 6.97. The van der Waals surface area contributed by atoms with Gasteiger partial charge in [0.25, 0.3) is 5.91 Å². The van der Waals surface area contributed by atoms with Gasteiger partial charge in [-0.1, -0.05) is 62.4 Å². The van der Waals surface area contributed by atoms with Crippen molar-refractivity contribution in [2.45, 2.75) is 25.3 Å². The predicted molar refractivity (Wildman–Crippen MR) is 119 cm³/mol. The molecule has 6 nitrogen and oxygen atoms in total. The Bertz CT molecular complexity index is 1090. The Morgan fingerprint density at radius 1 is 0.933 bits per heavy atom. The van der Waals surface area contributed by atoms with Crippen LogP contribution in [0, 0.1) is 0 Å². The Hall–Kier alpha value is -2.90. The maximum Gasteiger partial charge on any atom is 0.275 e. The summed E-state index contributed by atoms with van der Waals surface area (Å²) < 4.78 is 28.8. The Morgan fingerprint density at radius 3 is 2.07 bits per heavy atom. The van der Waals surface area contributed by atoms with E-state index in [1.807, 2.05) is 60.7 Å². The standard InChI is InChI=1S/C23H27N3O3S/c1-4-25(5-2)30(28,29)21-16-22(24(3)18-21)23(27)26(20-14-10-7-11-15-20)17-19-12-8-6-9-13-19/h6-16,18H,4-5,17H2,1-3H3. The minimum atomic E-state index is -3.64. The molecular formula is C23H27N3O3S. The van der Waals surface area contributed by atoms with Gasteiger partial charge >= 0.3 is 0 Å². The maximum atomic E-state index is 13.5. The summed E-state index contributed by atoms with van der Waals surface area (Å²) in [6.45, 7) is 4.73. The number of hydrogen-bond donors (Lipinski definition) is 0. The minimum Gasteiger partial charge on any atom is -0.345 e. The van der Waals surface area contributed by atoms with Crippen molar-refractivity contribution >= 4 is 21.6 Å². The van der Waals surface area contributed by atoms with Crippen LogP contribution in [0.4, 0.5) is 5.69 Å². The van der Waals surface area contributed by atoms with Gasteiger partial charge in [0.15, 0.2) is 0 Å². The van der Waals surface area contributed by atoms with Gasteiger partial charge in [-0.2, -0.15) is 4.31 Å². The zero-order chi connectivity index (χ0) is 21.7. The van der Waals surface area contributed by atoms with Crippen molar-refractivity contribution < 1.29 is 13.2 Å². The quantitative estimate of drug-likeness (QED) is 0.550. The monoisotopic (exact) mass is 425 g/mol. The topological polar surface area (TPSA) is 62.6 Å². The molecule has 7 heteroatoms. The fourth-order valence-electron chi connectivity index (χ4n) is 3.39. The second-order valence-corrected chi connectivity index (χ2v) is 8.91. The molecule has 1 heterocycles. The van der Waals surface area contributed by atoms with Crippen LogP contribution in [0.1, 0.15) is 29.9 Å². The van der Waals surface area contributed by atoms with E-state index >= 15 is 0 Å². The summed E-state index contributed by atoms with van der Waals surface area (Å²) in [6.07, 6.45) is 1.51. The molecule has 0 spiro atoms. The summed E-state index contributed by atoms with van der Waals surface area (Å²) in [5.74, 6) is -0.256. The Morgan fingerprint density at radius 2 is 1.50 bits per heavy atom. The maximum absolute atomic E-state index is 13.5. The average Bonchev–Trinajstić information content (AvgIpc) is 3.16. The molecule has 0 saturated heterocycles. The number of para-hydroxylation sites is 1. The molecule has 0 fully saturated rings. The zero-order valence-electron chi connectivity index (χ0n) is 17.5. The van der Waals surface area contributed by atoms with E-state index in [2.05, 4.69) is 0 Å². The number of carbonyl (C=O) groups excluding carboxylic acids is 1. The van der Waals surface area contributed by atoms with Crippen LogP contribution in [0.5, 0.6) is 0 Å². The van der Waals surface area contributed by atoms with Gasteiger partial charge in [0.2, 0.25) is 10.0 Å². The first kappa shape index (κ1) is 21.8. The average molecular weight is 426 g/mol. The van der Waals surface area contributed by atoms with Crippen LogP contribution in [0.15, 0.2) is 77.8 Å². The molecule has 0 bridgehead atoms. The van der Waals surface area contributed by atoms with Crippen molar-refractivity contribution in [3.05, 3.63) is 84.2 Å². The third kappa shape index (κ3) is 4.47. The fourth-order valence-corrected chi connectivity index (χ4v) is 4.92. The molecule has 3 aromatic rings. The second kappa shape index (κ2) is 9.28. The van der Waals surface area contributed by atoms with Gasteiger partial charge in [-0.15, -0.1) is 0 Å². The molecule has 0 unspecified atom stereocenters. The molecule has 0 atom stereocenters. The van der Waals surface area contributed by atoms with Crippen LogP contribution in [-0.4, -0.2) is 36.3 Å². The van der Waals surface area contributed by atoms with Crippen molar-refractivity contribution in [1.82, 2.24) is 8.87 Å². The first-order valence-electron chi connectivity index (χ1n) is 9.95. The Balaban J connectivity index is 2.00. The van der Waals surface area contributed by atoms with Crippen molar-refractivity contribution in [2.75, 3.05) is 18.0 Å². The minimum absolute atomic E-state index is 0.129. The van der Waals surface area contributed by atoms with Crippen molar-refractivity contribution in [1.29, 1.82) is 0 Å². The van der Waals surface area contributed by atoms with E-state index in [9.17, 15) is 13.2 Å². The van der Waals surface area contributed by atoms with Crippen molar-refractivity contribution in [3.8, 4) is 0 Å². The lowest BCUT2D eigenvalue weighted by Crippen LogP contribution is -2.32. The van der Waals surface area contributed by atoms with Gasteiger partial charge in [-0.05, 0) is 23.8 Å². The number of hydrogen-bond acceptors (Lipinski definition) is 3. The van der Waals surface area contributed by atoms with E-state index < -0.39 is 10.0 Å². The molecule has 1 amide bonds. The van der Waals surface area contributed by atoms with Crippen LogP contribution in [0.3, 0.4) is 0 Å². The summed E-state index contributed by atoms with van der Waals surface area (Å²) in [6, 6.07) is 20.6. The van der Waals surface area contributed by atoms with Crippen molar-refractivity contribution in [2.24, 2.45) is 7.05 Å². The number of anilines is 1.